The van der Waals surface area contributed by atoms with Crippen LogP contribution < -0.4 is 16.0 Å². The van der Waals surface area contributed by atoms with Crippen molar-refractivity contribution in [1.29, 1.82) is 0 Å². The molecule has 104 valence electrons. The molecular weight excluding hydrogens is 256 g/mol. The first-order valence-corrected chi connectivity index (χ1v) is 6.19. The van der Waals surface area contributed by atoms with E-state index in [2.05, 4.69) is 20.9 Å². The molecule has 0 unspecified atom stereocenters. The first-order chi connectivity index (χ1) is 8.19. The third-order valence-electron chi connectivity index (χ3n) is 3.42. The van der Waals surface area contributed by atoms with Crippen molar-refractivity contribution in [2.75, 3.05) is 39.3 Å². The lowest BCUT2D eigenvalue weighted by molar-refractivity contribution is -0.121. The summed E-state index contributed by atoms with van der Waals surface area (Å²) in [5.74, 6) is 1.13. The van der Waals surface area contributed by atoms with E-state index in [1.165, 1.54) is 0 Å². The second-order valence-electron chi connectivity index (χ2n) is 4.78. The van der Waals surface area contributed by atoms with Crippen LogP contribution in [0.15, 0.2) is 0 Å². The topological polar surface area (TPSA) is 73.5 Å². The SMILES string of the molecule is CCNC(=O)NC(=O)CN1C[C@H]2CNC[C@H]2C1.Cl. The molecule has 0 radical (unpaired) electrons. The smallest absolute Gasteiger partial charge is 0.321 e. The molecule has 7 heteroatoms. The van der Waals surface area contributed by atoms with Crippen LogP contribution in [0, 0.1) is 11.8 Å². The molecule has 2 aliphatic rings. The van der Waals surface area contributed by atoms with Crippen LogP contribution in [0.2, 0.25) is 0 Å². The van der Waals surface area contributed by atoms with Crippen LogP contribution in [0.1, 0.15) is 6.92 Å². The number of carbonyl (C=O) groups excluding carboxylic acids is 2. The standard InChI is InChI=1S/C11H20N4O2.ClH/c1-2-13-11(17)14-10(16)7-15-5-8-3-12-4-9(8)6-15;/h8-9,12H,2-7H2,1H3,(H2,13,14,16,17);1H/t8-,9+;. The Balaban J connectivity index is 0.00000162. The van der Waals surface area contributed by atoms with Crippen LogP contribution >= 0.6 is 12.4 Å². The number of imide groups is 1. The molecule has 2 saturated heterocycles. The van der Waals surface area contributed by atoms with Crippen molar-refractivity contribution in [2.24, 2.45) is 11.8 Å². The molecule has 2 fully saturated rings. The molecule has 18 heavy (non-hydrogen) atoms. The van der Waals surface area contributed by atoms with E-state index in [-0.39, 0.29) is 18.3 Å². The van der Waals surface area contributed by atoms with Crippen LogP contribution in [0.5, 0.6) is 0 Å². The van der Waals surface area contributed by atoms with E-state index in [1.807, 2.05) is 6.92 Å². The fraction of sp³-hybridized carbons (Fsp3) is 0.818. The van der Waals surface area contributed by atoms with Gasteiger partial charge in [0.05, 0.1) is 6.54 Å². The zero-order valence-electron chi connectivity index (χ0n) is 10.6. The molecule has 2 atom stereocenters. The Kier molecular flexibility index (Phi) is 5.84. The number of fused-ring (bicyclic) bond motifs is 1. The normalized spacial score (nSPS) is 26.3. The first-order valence-electron chi connectivity index (χ1n) is 6.19. The van der Waals surface area contributed by atoms with E-state index in [0.717, 1.165) is 26.2 Å². The maximum atomic E-state index is 11.6. The van der Waals surface area contributed by atoms with Gasteiger partial charge in [-0.05, 0) is 31.8 Å². The average molecular weight is 277 g/mol. The molecule has 3 N–H and O–H groups in total. The molecule has 2 rings (SSSR count). The van der Waals surface area contributed by atoms with Gasteiger partial charge in [0.2, 0.25) is 5.91 Å². The number of carbonyl (C=O) groups is 2. The Labute approximate surface area is 113 Å². The van der Waals surface area contributed by atoms with Crippen LogP contribution in [0.25, 0.3) is 0 Å². The predicted octanol–water partition coefficient (Wildman–Crippen LogP) is -0.595. The van der Waals surface area contributed by atoms with Gasteiger partial charge in [-0.3, -0.25) is 15.0 Å². The van der Waals surface area contributed by atoms with Crippen LogP contribution in [-0.2, 0) is 4.79 Å². The maximum absolute atomic E-state index is 11.6. The van der Waals surface area contributed by atoms with Crippen molar-refractivity contribution in [2.45, 2.75) is 6.92 Å². The maximum Gasteiger partial charge on any atom is 0.321 e. The summed E-state index contributed by atoms with van der Waals surface area (Å²) in [5, 5.41) is 8.22. The molecule has 0 saturated carbocycles. The van der Waals surface area contributed by atoms with Gasteiger partial charge >= 0.3 is 6.03 Å². The van der Waals surface area contributed by atoms with E-state index in [0.29, 0.717) is 24.9 Å². The minimum absolute atomic E-state index is 0. The van der Waals surface area contributed by atoms with Crippen molar-refractivity contribution in [1.82, 2.24) is 20.9 Å². The summed E-state index contributed by atoms with van der Waals surface area (Å²) in [5.41, 5.74) is 0. The number of halogens is 1. The molecule has 0 bridgehead atoms. The zero-order chi connectivity index (χ0) is 12.3. The number of urea groups is 1. The highest BCUT2D eigenvalue weighted by molar-refractivity contribution is 5.95. The monoisotopic (exact) mass is 276 g/mol. The van der Waals surface area contributed by atoms with E-state index < -0.39 is 6.03 Å². The lowest BCUT2D eigenvalue weighted by Crippen LogP contribution is -2.44. The number of rotatable bonds is 3. The molecule has 2 heterocycles. The number of likely N-dealkylation sites (tertiary alicyclic amines) is 1. The third kappa shape index (κ3) is 3.83. The molecular formula is C11H21ClN4O2. The third-order valence-corrected chi connectivity index (χ3v) is 3.42. The van der Waals surface area contributed by atoms with Gasteiger partial charge in [0.15, 0.2) is 0 Å². The second-order valence-corrected chi connectivity index (χ2v) is 4.78. The Hall–Kier alpha value is -0.850. The molecule has 0 aromatic carbocycles. The Morgan fingerprint density at radius 3 is 2.44 bits per heavy atom. The highest BCUT2D eigenvalue weighted by atomic mass is 35.5. The molecule has 0 aromatic heterocycles. The van der Waals surface area contributed by atoms with Gasteiger partial charge in [-0.1, -0.05) is 0 Å². The first kappa shape index (κ1) is 15.2. The van der Waals surface area contributed by atoms with E-state index >= 15 is 0 Å². The lowest BCUT2D eigenvalue weighted by atomic mass is 10.0. The summed E-state index contributed by atoms with van der Waals surface area (Å²) in [6.07, 6.45) is 0. The van der Waals surface area contributed by atoms with Gasteiger partial charge in [-0.15, -0.1) is 12.4 Å². The predicted molar refractivity (Wildman–Crippen MR) is 70.8 cm³/mol. The van der Waals surface area contributed by atoms with Crippen LogP contribution in [-0.4, -0.2) is 56.1 Å². The van der Waals surface area contributed by atoms with Crippen molar-refractivity contribution >= 4 is 24.3 Å². The van der Waals surface area contributed by atoms with Crippen molar-refractivity contribution in [3.05, 3.63) is 0 Å². The van der Waals surface area contributed by atoms with Gasteiger partial charge in [0.25, 0.3) is 0 Å². The molecule has 2 aliphatic heterocycles. The fourth-order valence-corrected chi connectivity index (χ4v) is 2.66. The number of amides is 3. The van der Waals surface area contributed by atoms with Gasteiger partial charge in [0.1, 0.15) is 0 Å². The van der Waals surface area contributed by atoms with Crippen molar-refractivity contribution in [3.63, 3.8) is 0 Å². The molecule has 0 spiro atoms. The lowest BCUT2D eigenvalue weighted by Gasteiger charge is -2.15. The Bertz CT molecular complexity index is 301. The summed E-state index contributed by atoms with van der Waals surface area (Å²) in [6, 6.07) is -0.404. The number of nitrogens with zero attached hydrogens (tertiary/aromatic N) is 1. The average Bonchev–Trinajstić information content (AvgIpc) is 2.77. The number of hydrogen-bond donors (Lipinski definition) is 3. The largest absolute Gasteiger partial charge is 0.338 e. The van der Waals surface area contributed by atoms with Crippen molar-refractivity contribution < 1.29 is 9.59 Å². The van der Waals surface area contributed by atoms with Gasteiger partial charge in [-0.25, -0.2) is 4.79 Å². The van der Waals surface area contributed by atoms with Gasteiger partial charge in [-0.2, -0.15) is 0 Å². The van der Waals surface area contributed by atoms with Crippen LogP contribution in [0.3, 0.4) is 0 Å². The summed E-state index contributed by atoms with van der Waals surface area (Å²) in [6.45, 7) is 6.70. The van der Waals surface area contributed by atoms with E-state index in [1.54, 1.807) is 0 Å². The Morgan fingerprint density at radius 2 is 1.89 bits per heavy atom. The molecule has 0 aromatic rings. The van der Waals surface area contributed by atoms with E-state index in [9.17, 15) is 9.59 Å². The Morgan fingerprint density at radius 1 is 1.28 bits per heavy atom. The fourth-order valence-electron chi connectivity index (χ4n) is 2.66. The molecule has 3 amide bonds. The summed E-state index contributed by atoms with van der Waals surface area (Å²) >= 11 is 0. The summed E-state index contributed by atoms with van der Waals surface area (Å²) in [4.78, 5) is 24.9. The summed E-state index contributed by atoms with van der Waals surface area (Å²) in [7, 11) is 0. The molecule has 6 nitrogen and oxygen atoms in total. The van der Waals surface area contributed by atoms with Crippen molar-refractivity contribution in [3.8, 4) is 0 Å². The van der Waals surface area contributed by atoms with Gasteiger partial charge in [0, 0.05) is 19.6 Å². The van der Waals surface area contributed by atoms with Crippen LogP contribution in [0.4, 0.5) is 4.79 Å². The van der Waals surface area contributed by atoms with Gasteiger partial charge < -0.3 is 10.6 Å². The molecule has 0 aliphatic carbocycles. The quantitative estimate of drug-likeness (QED) is 0.644. The van der Waals surface area contributed by atoms with E-state index in [4.69, 9.17) is 0 Å². The second kappa shape index (κ2) is 6.92. The zero-order valence-corrected chi connectivity index (χ0v) is 11.4. The summed E-state index contributed by atoms with van der Waals surface area (Å²) < 4.78 is 0. The highest BCUT2D eigenvalue weighted by Crippen LogP contribution is 2.25. The number of hydrogen-bond acceptors (Lipinski definition) is 4. The highest BCUT2D eigenvalue weighted by Gasteiger charge is 2.36. The number of nitrogens with one attached hydrogen (secondary N) is 3. The minimum atomic E-state index is -0.404. The minimum Gasteiger partial charge on any atom is -0.338 e.